The highest BCUT2D eigenvalue weighted by Crippen LogP contribution is 2.43. The first kappa shape index (κ1) is 17.7. The van der Waals surface area contributed by atoms with Crippen LogP contribution in [0.4, 0.5) is 5.69 Å². The predicted molar refractivity (Wildman–Crippen MR) is 103 cm³/mol. The second-order valence-corrected chi connectivity index (χ2v) is 7.41. The van der Waals surface area contributed by atoms with E-state index in [2.05, 4.69) is 22.8 Å². The first-order valence-corrected chi connectivity index (χ1v) is 9.31. The lowest BCUT2D eigenvalue weighted by Gasteiger charge is -2.47. The van der Waals surface area contributed by atoms with Crippen LogP contribution in [-0.4, -0.2) is 42.3 Å². The van der Waals surface area contributed by atoms with Gasteiger partial charge in [-0.15, -0.1) is 0 Å². The molecule has 0 bridgehead atoms. The third kappa shape index (κ3) is 2.81. The molecular weight excluding hydrogens is 342 g/mol. The zero-order valence-electron chi connectivity index (χ0n) is 15.1. The summed E-state index contributed by atoms with van der Waals surface area (Å²) in [4.78, 5) is 24.5. The number of carbonyl (C=O) groups excluding carboxylic acids is 1. The molecule has 3 N–H and O–H groups in total. The van der Waals surface area contributed by atoms with E-state index in [1.807, 2.05) is 24.3 Å². The van der Waals surface area contributed by atoms with Crippen molar-refractivity contribution in [2.24, 2.45) is 0 Å². The third-order valence-corrected chi connectivity index (χ3v) is 6.06. The van der Waals surface area contributed by atoms with Gasteiger partial charge in [-0.05, 0) is 24.3 Å². The summed E-state index contributed by atoms with van der Waals surface area (Å²) in [7, 11) is 0. The van der Waals surface area contributed by atoms with E-state index >= 15 is 0 Å². The maximum absolute atomic E-state index is 13.1. The molecule has 6 nitrogen and oxygen atoms in total. The predicted octanol–water partition coefficient (Wildman–Crippen LogP) is 2.10. The highest BCUT2D eigenvalue weighted by molar-refractivity contribution is 5.92. The molecule has 140 valence electrons. The molecule has 1 spiro atoms. The normalized spacial score (nSPS) is 23.9. The van der Waals surface area contributed by atoms with Gasteiger partial charge in [0.2, 0.25) is 0 Å². The van der Waals surface area contributed by atoms with Crippen LogP contribution in [0.25, 0.3) is 0 Å². The van der Waals surface area contributed by atoms with Crippen LogP contribution in [0.1, 0.15) is 28.8 Å². The number of carboxylic acids is 1. The Hall–Kier alpha value is -2.70. The Bertz CT molecular complexity index is 862. The Morgan fingerprint density at radius 3 is 2.52 bits per heavy atom. The van der Waals surface area contributed by atoms with Crippen molar-refractivity contribution in [3.8, 4) is 0 Å². The van der Waals surface area contributed by atoms with Crippen molar-refractivity contribution >= 4 is 17.6 Å². The van der Waals surface area contributed by atoms with Crippen LogP contribution in [-0.2, 0) is 11.3 Å². The summed E-state index contributed by atoms with van der Waals surface area (Å²) in [5, 5.41) is 15.8. The van der Waals surface area contributed by atoms with Gasteiger partial charge in [-0.3, -0.25) is 9.28 Å². The number of para-hydroxylation sites is 1. The van der Waals surface area contributed by atoms with Gasteiger partial charge in [0, 0.05) is 31.5 Å². The molecule has 1 amide bonds. The van der Waals surface area contributed by atoms with Gasteiger partial charge < -0.3 is 15.7 Å². The molecule has 0 saturated carbocycles. The van der Waals surface area contributed by atoms with Gasteiger partial charge >= 0.3 is 5.97 Å². The number of nitrogens with zero attached hydrogens (tertiary/aromatic N) is 1. The first-order chi connectivity index (χ1) is 13.1. The van der Waals surface area contributed by atoms with Crippen LogP contribution in [0.2, 0.25) is 0 Å². The molecule has 1 atom stereocenters. The lowest BCUT2D eigenvalue weighted by molar-refractivity contribution is -0.127. The van der Waals surface area contributed by atoms with Crippen molar-refractivity contribution in [2.75, 3.05) is 19.8 Å². The minimum atomic E-state index is -0.935. The number of rotatable bonds is 4. The van der Waals surface area contributed by atoms with E-state index in [9.17, 15) is 14.7 Å². The van der Waals surface area contributed by atoms with Crippen LogP contribution < -0.4 is 15.1 Å². The SMILES string of the molecule is O=C(O)c1cccc(C[N+]2(c3ccccc3)CNC(=O)C23CCNCC3)c1. The minimum Gasteiger partial charge on any atom is -0.478 e. The lowest BCUT2D eigenvalue weighted by atomic mass is 9.83. The number of aromatic carboxylic acids is 1. The Balaban J connectivity index is 1.84. The molecule has 2 aliphatic rings. The number of carbonyl (C=O) groups is 2. The number of piperidine rings is 1. The van der Waals surface area contributed by atoms with Gasteiger partial charge in [-0.25, -0.2) is 4.79 Å². The zero-order chi connectivity index (χ0) is 18.9. The Morgan fingerprint density at radius 2 is 1.81 bits per heavy atom. The van der Waals surface area contributed by atoms with Crippen LogP contribution >= 0.6 is 0 Å². The average molecular weight is 366 g/mol. The molecule has 1 unspecified atom stereocenters. The fourth-order valence-electron chi connectivity index (χ4n) is 4.68. The summed E-state index contributed by atoms with van der Waals surface area (Å²) >= 11 is 0. The zero-order valence-corrected chi connectivity index (χ0v) is 15.1. The van der Waals surface area contributed by atoms with Gasteiger partial charge in [-0.2, -0.15) is 0 Å². The molecule has 2 saturated heterocycles. The van der Waals surface area contributed by atoms with E-state index in [4.69, 9.17) is 0 Å². The van der Waals surface area contributed by atoms with Crippen molar-refractivity contribution in [3.05, 3.63) is 65.7 Å². The summed E-state index contributed by atoms with van der Waals surface area (Å²) in [6, 6.07) is 17.2. The largest absolute Gasteiger partial charge is 0.478 e. The quantitative estimate of drug-likeness (QED) is 0.724. The van der Waals surface area contributed by atoms with E-state index in [1.54, 1.807) is 18.2 Å². The van der Waals surface area contributed by atoms with Crippen molar-refractivity contribution in [2.45, 2.75) is 24.9 Å². The molecular formula is C21H24N3O3+. The smallest absolute Gasteiger partial charge is 0.335 e. The number of amides is 1. The number of quaternary nitrogens is 1. The van der Waals surface area contributed by atoms with Gasteiger partial charge in [0.25, 0.3) is 5.91 Å². The van der Waals surface area contributed by atoms with Crippen LogP contribution in [0.5, 0.6) is 0 Å². The fourth-order valence-corrected chi connectivity index (χ4v) is 4.68. The van der Waals surface area contributed by atoms with E-state index in [1.165, 1.54) is 0 Å². The van der Waals surface area contributed by atoms with Gasteiger partial charge in [0.1, 0.15) is 12.2 Å². The second-order valence-electron chi connectivity index (χ2n) is 7.41. The van der Waals surface area contributed by atoms with Crippen molar-refractivity contribution in [1.29, 1.82) is 0 Å². The molecule has 2 heterocycles. The first-order valence-electron chi connectivity index (χ1n) is 9.31. The Labute approximate surface area is 158 Å². The molecule has 0 radical (unpaired) electrons. The van der Waals surface area contributed by atoms with Gasteiger partial charge in [-0.1, -0.05) is 30.3 Å². The molecule has 6 heteroatoms. The number of hydrogen-bond acceptors (Lipinski definition) is 3. The van der Waals surface area contributed by atoms with Crippen LogP contribution in [0.15, 0.2) is 54.6 Å². The highest BCUT2D eigenvalue weighted by atomic mass is 16.4. The van der Waals surface area contributed by atoms with Crippen molar-refractivity contribution < 1.29 is 14.7 Å². The molecule has 27 heavy (non-hydrogen) atoms. The van der Waals surface area contributed by atoms with Crippen LogP contribution in [0.3, 0.4) is 0 Å². The standard InChI is InChI=1S/C21H23N3O3/c25-19(26)17-6-4-5-16(13-17)14-24(18-7-2-1-3-8-18)15-23-20(27)21(24)9-11-22-12-10-21/h1-8,13,22H,9-12,14-15H2,(H-,23,25,26,27)/p+1. The topological polar surface area (TPSA) is 78.4 Å². The highest BCUT2D eigenvalue weighted by Gasteiger charge is 2.62. The van der Waals surface area contributed by atoms with Gasteiger partial charge in [0.15, 0.2) is 12.2 Å². The molecule has 2 aliphatic heterocycles. The minimum absolute atomic E-state index is 0.0993. The monoisotopic (exact) mass is 366 g/mol. The molecule has 0 aromatic heterocycles. The molecule has 0 aliphatic carbocycles. The maximum atomic E-state index is 13.1. The third-order valence-electron chi connectivity index (χ3n) is 6.06. The summed E-state index contributed by atoms with van der Waals surface area (Å²) in [5.41, 5.74) is 1.74. The Kier molecular flexibility index (Phi) is 4.45. The van der Waals surface area contributed by atoms with E-state index in [-0.39, 0.29) is 11.5 Å². The maximum Gasteiger partial charge on any atom is 0.335 e. The summed E-state index contributed by atoms with van der Waals surface area (Å²) in [5.74, 6) is -0.836. The van der Waals surface area contributed by atoms with E-state index in [0.29, 0.717) is 17.7 Å². The van der Waals surface area contributed by atoms with Crippen LogP contribution in [0, 0.1) is 0 Å². The summed E-state index contributed by atoms with van der Waals surface area (Å²) in [6.07, 6.45) is 1.51. The second kappa shape index (κ2) is 6.79. The van der Waals surface area contributed by atoms with Crippen molar-refractivity contribution in [3.63, 3.8) is 0 Å². The van der Waals surface area contributed by atoms with Crippen molar-refractivity contribution in [1.82, 2.24) is 15.1 Å². The van der Waals surface area contributed by atoms with E-state index in [0.717, 1.165) is 37.2 Å². The molecule has 4 rings (SSSR count). The molecule has 2 aromatic carbocycles. The van der Waals surface area contributed by atoms with Gasteiger partial charge in [0.05, 0.1) is 5.56 Å². The molecule has 2 fully saturated rings. The average Bonchev–Trinajstić information content (AvgIpc) is 2.96. The van der Waals surface area contributed by atoms with E-state index < -0.39 is 11.5 Å². The summed E-state index contributed by atoms with van der Waals surface area (Å²) in [6.45, 7) is 2.69. The number of nitrogens with one attached hydrogen (secondary N) is 2. The fraction of sp³-hybridized carbons (Fsp3) is 0.333. The number of carboxylic acid groups (broad SMARTS) is 1. The molecule has 2 aromatic rings. The summed E-state index contributed by atoms with van der Waals surface area (Å²) < 4.78 is 0.484. The number of hydrogen-bond donors (Lipinski definition) is 3. The lowest BCUT2D eigenvalue weighted by Crippen LogP contribution is -2.67. The number of benzene rings is 2. The Morgan fingerprint density at radius 1 is 1.07 bits per heavy atom.